The number of nitrogens with zero attached hydrogens (tertiary/aromatic N) is 1. The smallest absolute Gasteiger partial charge is 0.416 e. The molecule has 0 fully saturated rings. The molecule has 3 rings (SSSR count). The Morgan fingerprint density at radius 2 is 1.97 bits per heavy atom. The lowest BCUT2D eigenvalue weighted by Gasteiger charge is -2.41. The maximum atomic E-state index is 13.6. The molecule has 0 saturated carbocycles. The molecule has 0 bridgehead atoms. The Labute approximate surface area is 184 Å². The fourth-order valence-electron chi connectivity index (χ4n) is 3.66. The monoisotopic (exact) mass is 450 g/mol. The summed E-state index contributed by atoms with van der Waals surface area (Å²) in [5, 5.41) is 2.69. The van der Waals surface area contributed by atoms with Crippen molar-refractivity contribution in [1.29, 1.82) is 0 Å². The Morgan fingerprint density at radius 3 is 2.59 bits per heavy atom. The number of alkyl halides is 3. The summed E-state index contributed by atoms with van der Waals surface area (Å²) in [4.78, 5) is 26.6. The van der Waals surface area contributed by atoms with Crippen LogP contribution in [0.1, 0.15) is 37.0 Å². The summed E-state index contributed by atoms with van der Waals surface area (Å²) >= 11 is 0. The van der Waals surface area contributed by atoms with Gasteiger partial charge in [0.25, 0.3) is 5.91 Å². The van der Waals surface area contributed by atoms with E-state index in [0.29, 0.717) is 11.3 Å². The molecule has 2 aromatic rings. The SMILES string of the molecule is CCC(=O)NCCN1C(=O)C(C)(c2cccc(OC)c2)Oc2cc(C(F)(F)F)c(C)cc21. The number of benzene rings is 2. The molecule has 32 heavy (non-hydrogen) atoms. The molecule has 0 saturated heterocycles. The van der Waals surface area contributed by atoms with Crippen LogP contribution in [0.4, 0.5) is 18.9 Å². The number of aryl methyl sites for hydroxylation is 1. The van der Waals surface area contributed by atoms with Crippen molar-refractivity contribution < 1.29 is 32.2 Å². The van der Waals surface area contributed by atoms with Gasteiger partial charge in [0.2, 0.25) is 11.5 Å². The number of rotatable bonds is 6. The number of ether oxygens (including phenoxy) is 2. The van der Waals surface area contributed by atoms with Crippen molar-refractivity contribution in [2.45, 2.75) is 39.0 Å². The van der Waals surface area contributed by atoms with Gasteiger partial charge in [0, 0.05) is 25.1 Å². The third-order valence-electron chi connectivity index (χ3n) is 5.47. The number of carbonyl (C=O) groups is 2. The molecule has 6 nitrogen and oxygen atoms in total. The normalized spacial score (nSPS) is 18.1. The molecule has 2 aromatic carbocycles. The third-order valence-corrected chi connectivity index (χ3v) is 5.47. The molecule has 172 valence electrons. The first-order valence-electron chi connectivity index (χ1n) is 10.1. The molecule has 2 amide bonds. The predicted octanol–water partition coefficient (Wildman–Crippen LogP) is 4.19. The van der Waals surface area contributed by atoms with E-state index in [1.54, 1.807) is 31.2 Å². The quantitative estimate of drug-likeness (QED) is 0.717. The third kappa shape index (κ3) is 4.37. The van der Waals surface area contributed by atoms with E-state index in [1.165, 1.54) is 31.9 Å². The summed E-state index contributed by atoms with van der Waals surface area (Å²) in [5.41, 5.74) is -1.79. The number of hydrogen-bond acceptors (Lipinski definition) is 4. The topological polar surface area (TPSA) is 67.9 Å². The lowest BCUT2D eigenvalue weighted by atomic mass is 9.91. The Balaban J connectivity index is 2.10. The number of anilines is 1. The van der Waals surface area contributed by atoms with Crippen LogP contribution in [0.25, 0.3) is 0 Å². The van der Waals surface area contributed by atoms with Crippen LogP contribution < -0.4 is 19.7 Å². The minimum atomic E-state index is -4.57. The van der Waals surface area contributed by atoms with E-state index in [1.807, 2.05) is 0 Å². The summed E-state index contributed by atoms with van der Waals surface area (Å²) in [6.07, 6.45) is -4.29. The average Bonchev–Trinajstić information content (AvgIpc) is 2.75. The molecule has 1 heterocycles. The molecule has 0 aliphatic carbocycles. The van der Waals surface area contributed by atoms with Gasteiger partial charge in [-0.3, -0.25) is 9.59 Å². The van der Waals surface area contributed by atoms with Crippen molar-refractivity contribution in [2.75, 3.05) is 25.1 Å². The molecule has 0 spiro atoms. The van der Waals surface area contributed by atoms with Crippen LogP contribution in [0.3, 0.4) is 0 Å². The average molecular weight is 450 g/mol. The van der Waals surface area contributed by atoms with Crippen molar-refractivity contribution in [3.8, 4) is 11.5 Å². The van der Waals surface area contributed by atoms with E-state index in [0.717, 1.165) is 6.07 Å². The number of methoxy groups -OCH3 is 1. The van der Waals surface area contributed by atoms with Gasteiger partial charge in [0.15, 0.2) is 0 Å². The van der Waals surface area contributed by atoms with E-state index in [2.05, 4.69) is 5.32 Å². The van der Waals surface area contributed by atoms with Crippen molar-refractivity contribution in [3.05, 3.63) is 53.1 Å². The minimum absolute atomic E-state index is 0.0276. The summed E-state index contributed by atoms with van der Waals surface area (Å²) < 4.78 is 51.8. The highest BCUT2D eigenvalue weighted by atomic mass is 19.4. The molecular weight excluding hydrogens is 425 g/mol. The second-order valence-corrected chi connectivity index (χ2v) is 7.66. The van der Waals surface area contributed by atoms with Gasteiger partial charge in [-0.25, -0.2) is 0 Å². The molecule has 9 heteroatoms. The van der Waals surface area contributed by atoms with Gasteiger partial charge >= 0.3 is 6.18 Å². The van der Waals surface area contributed by atoms with Gasteiger partial charge < -0.3 is 19.7 Å². The van der Waals surface area contributed by atoms with Crippen molar-refractivity contribution in [2.24, 2.45) is 0 Å². The Hall–Kier alpha value is -3.23. The van der Waals surface area contributed by atoms with Crippen LogP contribution in [0.15, 0.2) is 36.4 Å². The zero-order chi connectivity index (χ0) is 23.7. The van der Waals surface area contributed by atoms with Crippen LogP contribution >= 0.6 is 0 Å². The number of nitrogens with one attached hydrogen (secondary N) is 1. The highest BCUT2D eigenvalue weighted by Gasteiger charge is 2.47. The van der Waals surface area contributed by atoms with E-state index < -0.39 is 23.2 Å². The summed E-state index contributed by atoms with van der Waals surface area (Å²) in [5.74, 6) is -0.226. The van der Waals surface area contributed by atoms with Gasteiger partial charge in [-0.15, -0.1) is 0 Å². The second kappa shape index (κ2) is 8.72. The first-order chi connectivity index (χ1) is 15.0. The molecule has 1 atom stereocenters. The lowest BCUT2D eigenvalue weighted by Crippen LogP contribution is -2.54. The van der Waals surface area contributed by atoms with E-state index >= 15 is 0 Å². The number of amides is 2. The number of carbonyl (C=O) groups excluding carboxylic acids is 2. The van der Waals surface area contributed by atoms with Crippen LogP contribution in [0, 0.1) is 6.92 Å². The summed E-state index contributed by atoms with van der Waals surface area (Å²) in [6, 6.07) is 8.85. The van der Waals surface area contributed by atoms with Gasteiger partial charge in [-0.2, -0.15) is 13.2 Å². The van der Waals surface area contributed by atoms with Crippen molar-refractivity contribution in [3.63, 3.8) is 0 Å². The molecular formula is C23H25F3N2O4. The minimum Gasteiger partial charge on any atom is -0.497 e. The highest BCUT2D eigenvalue weighted by Crippen LogP contribution is 2.46. The van der Waals surface area contributed by atoms with Crippen molar-refractivity contribution >= 4 is 17.5 Å². The largest absolute Gasteiger partial charge is 0.497 e. The second-order valence-electron chi connectivity index (χ2n) is 7.66. The Kier molecular flexibility index (Phi) is 6.39. The Morgan fingerprint density at radius 1 is 1.25 bits per heavy atom. The number of halogens is 3. The van der Waals surface area contributed by atoms with Gasteiger partial charge in [-0.05, 0) is 43.7 Å². The van der Waals surface area contributed by atoms with E-state index in [-0.39, 0.29) is 42.4 Å². The Bertz CT molecular complexity index is 1040. The van der Waals surface area contributed by atoms with Crippen LogP contribution in [-0.2, 0) is 21.4 Å². The van der Waals surface area contributed by atoms with Crippen LogP contribution in [0.2, 0.25) is 0 Å². The summed E-state index contributed by atoms with van der Waals surface area (Å²) in [7, 11) is 1.47. The number of fused-ring (bicyclic) bond motifs is 1. The van der Waals surface area contributed by atoms with E-state index in [4.69, 9.17) is 9.47 Å². The molecule has 0 aromatic heterocycles. The summed E-state index contributed by atoms with van der Waals surface area (Å²) in [6.45, 7) is 4.77. The fourth-order valence-corrected chi connectivity index (χ4v) is 3.66. The van der Waals surface area contributed by atoms with Gasteiger partial charge in [-0.1, -0.05) is 19.1 Å². The lowest BCUT2D eigenvalue weighted by molar-refractivity contribution is -0.138. The van der Waals surface area contributed by atoms with Gasteiger partial charge in [0.1, 0.15) is 11.5 Å². The molecule has 1 aliphatic heterocycles. The fraction of sp³-hybridized carbons (Fsp3) is 0.391. The predicted molar refractivity (Wildman–Crippen MR) is 113 cm³/mol. The molecule has 1 aliphatic rings. The maximum absolute atomic E-state index is 13.6. The molecule has 1 unspecified atom stereocenters. The zero-order valence-electron chi connectivity index (χ0n) is 18.3. The standard InChI is InChI=1S/C23H25F3N2O4/c1-5-20(29)27-9-10-28-18-11-14(2)17(23(24,25)26)13-19(18)32-22(3,21(28)30)15-7-6-8-16(12-15)31-4/h6-8,11-13H,5,9-10H2,1-4H3,(H,27,29). The van der Waals surface area contributed by atoms with Crippen LogP contribution in [-0.4, -0.2) is 32.0 Å². The molecule has 1 N–H and O–H groups in total. The highest BCUT2D eigenvalue weighted by molar-refractivity contribution is 6.03. The maximum Gasteiger partial charge on any atom is 0.416 e. The zero-order valence-corrected chi connectivity index (χ0v) is 18.3. The van der Waals surface area contributed by atoms with Crippen molar-refractivity contribution in [1.82, 2.24) is 5.32 Å². The first kappa shape index (κ1) is 23.4. The van der Waals surface area contributed by atoms with Crippen LogP contribution in [0.5, 0.6) is 11.5 Å². The molecule has 0 radical (unpaired) electrons. The van der Waals surface area contributed by atoms with Gasteiger partial charge in [0.05, 0.1) is 18.4 Å². The number of hydrogen-bond donors (Lipinski definition) is 1. The van der Waals surface area contributed by atoms with E-state index in [9.17, 15) is 22.8 Å². The first-order valence-corrected chi connectivity index (χ1v) is 10.1.